The number of ether oxygens (including phenoxy) is 2. The lowest BCUT2D eigenvalue weighted by atomic mass is 10.1. The van der Waals surface area contributed by atoms with Gasteiger partial charge in [-0.25, -0.2) is 0 Å². The van der Waals surface area contributed by atoms with Crippen molar-refractivity contribution in [1.29, 1.82) is 0 Å². The molecule has 0 aliphatic carbocycles. The number of carbonyl (C=O) groups excluding carboxylic acids is 1. The van der Waals surface area contributed by atoms with Crippen LogP contribution < -0.4 is 27.0 Å². The Hall–Kier alpha value is -3.28. The summed E-state index contributed by atoms with van der Waals surface area (Å²) >= 11 is 0. The molecule has 0 unspecified atom stereocenters. The number of amides is 1. The van der Waals surface area contributed by atoms with E-state index in [1.807, 2.05) is 12.1 Å². The predicted octanol–water partition coefficient (Wildman–Crippen LogP) is 2.02. The quantitative estimate of drug-likeness (QED) is 0.147. The topological polar surface area (TPSA) is 148 Å². The standard InChI is InChI=1S/C24H38N8O3/c1-3-5-12-28-23-30-22(27-11-4-2)31-24(32-23)29-18-19-6-8-20(9-7-19)21(33)26-13-15-35-17-16-34-14-10-25/h4,6-9H,2-3,5,10-18,25H2,1H3,(H,26,33)(H3,27,28,29,30,31,32). The molecule has 0 aliphatic heterocycles. The van der Waals surface area contributed by atoms with Gasteiger partial charge in [0.1, 0.15) is 0 Å². The molecule has 35 heavy (non-hydrogen) atoms. The molecule has 0 saturated carbocycles. The first kappa shape index (κ1) is 28.0. The van der Waals surface area contributed by atoms with Gasteiger partial charge in [-0.3, -0.25) is 4.79 Å². The molecule has 0 spiro atoms. The van der Waals surface area contributed by atoms with E-state index >= 15 is 0 Å². The second-order valence-corrected chi connectivity index (χ2v) is 7.58. The molecular weight excluding hydrogens is 448 g/mol. The number of hydrogen-bond acceptors (Lipinski definition) is 10. The number of carbonyl (C=O) groups is 1. The van der Waals surface area contributed by atoms with E-state index in [0.29, 0.717) is 76.0 Å². The Labute approximate surface area is 207 Å². The Morgan fingerprint density at radius 1 is 0.943 bits per heavy atom. The molecule has 1 aromatic carbocycles. The summed E-state index contributed by atoms with van der Waals surface area (Å²) in [4.78, 5) is 25.5. The first-order chi connectivity index (χ1) is 17.2. The molecule has 192 valence electrons. The number of benzene rings is 1. The van der Waals surface area contributed by atoms with Crippen LogP contribution in [0.4, 0.5) is 17.8 Å². The highest BCUT2D eigenvalue weighted by atomic mass is 16.5. The van der Waals surface area contributed by atoms with Crippen LogP contribution >= 0.6 is 0 Å². The number of unbranched alkanes of at least 4 members (excludes halogenated alkanes) is 1. The third-order valence-electron chi connectivity index (χ3n) is 4.69. The van der Waals surface area contributed by atoms with Gasteiger partial charge in [0, 0.05) is 38.3 Å². The lowest BCUT2D eigenvalue weighted by molar-refractivity contribution is 0.0511. The molecule has 1 aromatic heterocycles. The normalized spacial score (nSPS) is 10.6. The van der Waals surface area contributed by atoms with Crippen molar-refractivity contribution in [1.82, 2.24) is 20.3 Å². The van der Waals surface area contributed by atoms with Gasteiger partial charge < -0.3 is 36.5 Å². The lowest BCUT2D eigenvalue weighted by Crippen LogP contribution is -2.27. The number of hydrogen-bond donors (Lipinski definition) is 5. The van der Waals surface area contributed by atoms with Gasteiger partial charge in [0.2, 0.25) is 17.8 Å². The number of rotatable bonds is 19. The summed E-state index contributed by atoms with van der Waals surface area (Å²) in [6.07, 6.45) is 3.85. The van der Waals surface area contributed by atoms with Gasteiger partial charge in [0.25, 0.3) is 5.91 Å². The van der Waals surface area contributed by atoms with Crippen LogP contribution in [0.2, 0.25) is 0 Å². The monoisotopic (exact) mass is 486 g/mol. The fourth-order valence-electron chi connectivity index (χ4n) is 2.85. The summed E-state index contributed by atoms with van der Waals surface area (Å²) in [5, 5.41) is 12.4. The number of aromatic nitrogens is 3. The van der Waals surface area contributed by atoms with Crippen molar-refractivity contribution in [3.63, 3.8) is 0 Å². The Morgan fingerprint density at radius 2 is 1.60 bits per heavy atom. The van der Waals surface area contributed by atoms with E-state index in [2.05, 4.69) is 49.7 Å². The highest BCUT2D eigenvalue weighted by Gasteiger charge is 2.08. The van der Waals surface area contributed by atoms with Gasteiger partial charge in [-0.2, -0.15) is 15.0 Å². The van der Waals surface area contributed by atoms with Crippen LogP contribution in [0.3, 0.4) is 0 Å². The first-order valence-corrected chi connectivity index (χ1v) is 12.0. The van der Waals surface area contributed by atoms with Crippen LogP contribution in [0, 0.1) is 0 Å². The van der Waals surface area contributed by atoms with Gasteiger partial charge in [0.05, 0.1) is 26.4 Å². The molecule has 1 amide bonds. The smallest absolute Gasteiger partial charge is 0.251 e. The van der Waals surface area contributed by atoms with E-state index < -0.39 is 0 Å². The van der Waals surface area contributed by atoms with Crippen LogP contribution in [-0.4, -0.2) is 73.5 Å². The number of nitrogens with zero attached hydrogens (tertiary/aromatic N) is 3. The molecule has 11 nitrogen and oxygen atoms in total. The maximum atomic E-state index is 12.3. The van der Waals surface area contributed by atoms with Crippen molar-refractivity contribution < 1.29 is 14.3 Å². The van der Waals surface area contributed by atoms with Crippen LogP contribution in [0.5, 0.6) is 0 Å². The fraction of sp³-hybridized carbons (Fsp3) is 0.500. The first-order valence-electron chi connectivity index (χ1n) is 12.0. The highest BCUT2D eigenvalue weighted by molar-refractivity contribution is 5.94. The summed E-state index contributed by atoms with van der Waals surface area (Å²) in [6, 6.07) is 7.36. The van der Waals surface area contributed by atoms with Gasteiger partial charge in [0.15, 0.2) is 0 Å². The van der Waals surface area contributed by atoms with Crippen LogP contribution in [0.15, 0.2) is 36.9 Å². The molecule has 0 atom stereocenters. The molecule has 11 heteroatoms. The summed E-state index contributed by atoms with van der Waals surface area (Å²) in [5.74, 6) is 1.30. The van der Waals surface area contributed by atoms with Crippen molar-refractivity contribution >= 4 is 23.8 Å². The summed E-state index contributed by atoms with van der Waals surface area (Å²) < 4.78 is 10.6. The number of nitrogens with one attached hydrogen (secondary N) is 4. The Bertz CT molecular complexity index is 880. The van der Waals surface area contributed by atoms with Crippen LogP contribution in [0.1, 0.15) is 35.7 Å². The zero-order chi connectivity index (χ0) is 25.1. The van der Waals surface area contributed by atoms with Crippen molar-refractivity contribution in [3.05, 3.63) is 48.0 Å². The van der Waals surface area contributed by atoms with Crippen molar-refractivity contribution in [2.45, 2.75) is 26.3 Å². The summed E-state index contributed by atoms with van der Waals surface area (Å²) in [6.45, 7) is 10.5. The molecule has 0 fully saturated rings. The van der Waals surface area contributed by atoms with Gasteiger partial charge in [-0.15, -0.1) is 6.58 Å². The zero-order valence-corrected chi connectivity index (χ0v) is 20.5. The van der Waals surface area contributed by atoms with Crippen molar-refractivity contribution in [3.8, 4) is 0 Å². The molecule has 0 saturated heterocycles. The highest BCUT2D eigenvalue weighted by Crippen LogP contribution is 2.12. The lowest BCUT2D eigenvalue weighted by Gasteiger charge is -2.11. The Morgan fingerprint density at radius 3 is 2.26 bits per heavy atom. The molecule has 0 bridgehead atoms. The molecule has 0 radical (unpaired) electrons. The number of anilines is 3. The second-order valence-electron chi connectivity index (χ2n) is 7.58. The summed E-state index contributed by atoms with van der Waals surface area (Å²) in [5.41, 5.74) is 6.92. The third-order valence-corrected chi connectivity index (χ3v) is 4.69. The minimum absolute atomic E-state index is 0.148. The average molecular weight is 487 g/mol. The van der Waals surface area contributed by atoms with E-state index in [1.54, 1.807) is 18.2 Å². The zero-order valence-electron chi connectivity index (χ0n) is 20.5. The maximum Gasteiger partial charge on any atom is 0.251 e. The molecule has 1 heterocycles. The molecule has 0 aliphatic rings. The SMILES string of the molecule is C=CCNc1nc(NCCCC)nc(NCc2ccc(C(=O)NCCOCCOCCN)cc2)n1. The molecule has 6 N–H and O–H groups in total. The summed E-state index contributed by atoms with van der Waals surface area (Å²) in [7, 11) is 0. The fourth-order valence-corrected chi connectivity index (χ4v) is 2.85. The molecule has 2 aromatic rings. The third kappa shape index (κ3) is 11.6. The van der Waals surface area contributed by atoms with E-state index in [-0.39, 0.29) is 5.91 Å². The minimum Gasteiger partial charge on any atom is -0.378 e. The van der Waals surface area contributed by atoms with Crippen molar-refractivity contribution in [2.75, 3.05) is 68.6 Å². The van der Waals surface area contributed by atoms with E-state index in [0.717, 1.165) is 24.9 Å². The van der Waals surface area contributed by atoms with Gasteiger partial charge >= 0.3 is 0 Å². The molecule has 2 rings (SSSR count). The average Bonchev–Trinajstić information content (AvgIpc) is 2.88. The Balaban J connectivity index is 1.81. The maximum absolute atomic E-state index is 12.3. The van der Waals surface area contributed by atoms with E-state index in [9.17, 15) is 4.79 Å². The number of nitrogens with two attached hydrogens (primary N) is 1. The predicted molar refractivity (Wildman–Crippen MR) is 139 cm³/mol. The van der Waals surface area contributed by atoms with Gasteiger partial charge in [-0.1, -0.05) is 31.6 Å². The van der Waals surface area contributed by atoms with Crippen LogP contribution in [-0.2, 0) is 16.0 Å². The van der Waals surface area contributed by atoms with Gasteiger partial charge in [-0.05, 0) is 24.1 Å². The van der Waals surface area contributed by atoms with Crippen molar-refractivity contribution in [2.24, 2.45) is 5.73 Å². The Kier molecular flexibility index (Phi) is 13.7. The van der Waals surface area contributed by atoms with E-state index in [4.69, 9.17) is 15.2 Å². The van der Waals surface area contributed by atoms with E-state index in [1.165, 1.54) is 0 Å². The van der Waals surface area contributed by atoms with Crippen LogP contribution in [0.25, 0.3) is 0 Å². The molecular formula is C24H38N8O3. The minimum atomic E-state index is -0.148. The second kappa shape index (κ2) is 17.2. The largest absolute Gasteiger partial charge is 0.378 e.